The molecule has 1 heterocycles. The first-order chi connectivity index (χ1) is 11.9. The van der Waals surface area contributed by atoms with Crippen LogP contribution in [-0.2, 0) is 28.4 Å². The molecule has 0 N–H and O–H groups in total. The molecule has 1 unspecified atom stereocenters. The number of rotatable bonds is 3. The van der Waals surface area contributed by atoms with Gasteiger partial charge in [0.05, 0.1) is 25.4 Å². The van der Waals surface area contributed by atoms with Crippen LogP contribution in [0.1, 0.15) is 48.0 Å². The highest BCUT2D eigenvalue weighted by Gasteiger charge is 2.68. The molecule has 1 atom stereocenters. The molecule has 0 radical (unpaired) electrons. The summed E-state index contributed by atoms with van der Waals surface area (Å²) in [5.74, 6) is -2.02. The Balaban J connectivity index is 2.69. The molecule has 0 bridgehead atoms. The molecule has 1 saturated carbocycles. The van der Waals surface area contributed by atoms with E-state index in [4.69, 9.17) is 18.8 Å². The second-order valence-electron chi connectivity index (χ2n) is 8.25. The quantitative estimate of drug-likeness (QED) is 0.435. The lowest BCUT2D eigenvalue weighted by Gasteiger charge is -2.32. The lowest BCUT2D eigenvalue weighted by atomic mass is 9.56. The summed E-state index contributed by atoms with van der Waals surface area (Å²) in [6.07, 6.45) is 0.113. The Labute approximate surface area is 156 Å². The Hall–Kier alpha value is -1.60. The van der Waals surface area contributed by atoms with E-state index >= 15 is 0 Å². The highest BCUT2D eigenvalue weighted by molar-refractivity contribution is 6.51. The molecule has 1 aliphatic heterocycles. The van der Waals surface area contributed by atoms with Gasteiger partial charge in [0.1, 0.15) is 0 Å². The molecule has 1 aliphatic carbocycles. The molecule has 26 heavy (non-hydrogen) atoms. The number of methoxy groups -OCH3 is 2. The van der Waals surface area contributed by atoms with Crippen molar-refractivity contribution in [3.63, 3.8) is 0 Å². The third-order valence-corrected chi connectivity index (χ3v) is 5.90. The van der Waals surface area contributed by atoms with Crippen LogP contribution < -0.4 is 0 Å². The third kappa shape index (κ3) is 2.81. The molecule has 0 amide bonds. The van der Waals surface area contributed by atoms with E-state index < -0.39 is 41.5 Å². The fourth-order valence-electron chi connectivity index (χ4n) is 3.91. The first-order valence-electron chi connectivity index (χ1n) is 8.73. The Morgan fingerprint density at radius 3 is 1.81 bits per heavy atom. The zero-order chi connectivity index (χ0) is 20.1. The summed E-state index contributed by atoms with van der Waals surface area (Å²) in [5.41, 5.74) is -0.336. The van der Waals surface area contributed by atoms with Crippen molar-refractivity contribution in [2.45, 2.75) is 65.0 Å². The van der Waals surface area contributed by atoms with Gasteiger partial charge in [-0.3, -0.25) is 9.59 Å². The van der Waals surface area contributed by atoms with Crippen LogP contribution in [0.3, 0.4) is 0 Å². The van der Waals surface area contributed by atoms with E-state index in [0.717, 1.165) is 11.1 Å². The van der Waals surface area contributed by atoms with Gasteiger partial charge in [0.2, 0.25) is 0 Å². The molecule has 0 aromatic carbocycles. The van der Waals surface area contributed by atoms with Crippen LogP contribution >= 0.6 is 0 Å². The number of allylic oxidation sites excluding steroid dienone is 3. The molecule has 6 nitrogen and oxygen atoms in total. The minimum absolute atomic E-state index is 0.113. The van der Waals surface area contributed by atoms with Gasteiger partial charge in [-0.1, -0.05) is 17.7 Å². The van der Waals surface area contributed by atoms with Crippen molar-refractivity contribution in [1.29, 1.82) is 0 Å². The van der Waals surface area contributed by atoms with E-state index in [2.05, 4.69) is 6.58 Å². The topological polar surface area (TPSA) is 71.1 Å². The van der Waals surface area contributed by atoms with Crippen molar-refractivity contribution in [1.82, 2.24) is 0 Å². The van der Waals surface area contributed by atoms with Gasteiger partial charge in [0.25, 0.3) is 0 Å². The van der Waals surface area contributed by atoms with Crippen molar-refractivity contribution in [2.75, 3.05) is 14.2 Å². The minimum Gasteiger partial charge on any atom is -0.468 e. The zero-order valence-corrected chi connectivity index (χ0v) is 17.0. The van der Waals surface area contributed by atoms with Gasteiger partial charge in [-0.15, -0.1) is 0 Å². The minimum atomic E-state index is -1.58. The summed E-state index contributed by atoms with van der Waals surface area (Å²) >= 11 is 0. The van der Waals surface area contributed by atoms with Crippen molar-refractivity contribution >= 4 is 19.1 Å². The predicted molar refractivity (Wildman–Crippen MR) is 98.4 cm³/mol. The largest absolute Gasteiger partial charge is 0.468 e. The molecular weight excluding hydrogens is 335 g/mol. The fourth-order valence-corrected chi connectivity index (χ4v) is 3.91. The normalized spacial score (nSPS) is 26.0. The lowest BCUT2D eigenvalue weighted by molar-refractivity contribution is -0.168. The molecule has 0 aromatic rings. The summed E-state index contributed by atoms with van der Waals surface area (Å²) in [4.78, 5) is 25.7. The second-order valence-corrected chi connectivity index (χ2v) is 8.25. The van der Waals surface area contributed by atoms with Gasteiger partial charge < -0.3 is 18.8 Å². The van der Waals surface area contributed by atoms with Gasteiger partial charge in [-0.2, -0.15) is 0 Å². The summed E-state index contributed by atoms with van der Waals surface area (Å²) in [5, 5.41) is 0. The van der Waals surface area contributed by atoms with Crippen molar-refractivity contribution in [3.8, 4) is 0 Å². The van der Waals surface area contributed by atoms with E-state index in [1.54, 1.807) is 0 Å². The summed E-state index contributed by atoms with van der Waals surface area (Å²) in [7, 11) is 1.72. The average Bonchev–Trinajstić information content (AvgIpc) is 2.96. The van der Waals surface area contributed by atoms with Crippen LogP contribution in [0.25, 0.3) is 0 Å². The van der Waals surface area contributed by atoms with Crippen LogP contribution in [0.4, 0.5) is 0 Å². The highest BCUT2D eigenvalue weighted by atomic mass is 16.7. The maximum atomic E-state index is 12.8. The van der Waals surface area contributed by atoms with Gasteiger partial charge in [-0.05, 0) is 53.5 Å². The Morgan fingerprint density at radius 1 is 1.04 bits per heavy atom. The van der Waals surface area contributed by atoms with Gasteiger partial charge >= 0.3 is 19.1 Å². The fraction of sp³-hybridized carbons (Fsp3) is 0.684. The van der Waals surface area contributed by atoms with E-state index in [9.17, 15) is 9.59 Å². The van der Waals surface area contributed by atoms with Crippen molar-refractivity contribution in [3.05, 3.63) is 23.3 Å². The van der Waals surface area contributed by atoms with Gasteiger partial charge in [0.15, 0.2) is 5.41 Å². The smallest absolute Gasteiger partial charge is 0.467 e. The maximum Gasteiger partial charge on any atom is 0.467 e. The molecule has 1 saturated heterocycles. The standard InChI is InChI=1S/C19H29BO6/c1-11(2)13-12(3)10-19(15(21)23-8,16(22)24-9)14(13)20-25-17(4,5)18(6,7)26-20/h14H,3,10H2,1-2,4-9H3. The van der Waals surface area contributed by atoms with Crippen LogP contribution in [0.5, 0.6) is 0 Å². The number of hydrogen-bond donors (Lipinski definition) is 0. The third-order valence-electron chi connectivity index (χ3n) is 5.90. The molecule has 2 aliphatic rings. The summed E-state index contributed by atoms with van der Waals surface area (Å²) in [6.45, 7) is 15.6. The van der Waals surface area contributed by atoms with Crippen molar-refractivity contribution in [2.24, 2.45) is 5.41 Å². The Bertz CT molecular complexity index is 640. The molecule has 0 spiro atoms. The predicted octanol–water partition coefficient (Wildman–Crippen LogP) is 3.08. The van der Waals surface area contributed by atoms with Crippen LogP contribution in [0, 0.1) is 5.41 Å². The first-order valence-corrected chi connectivity index (χ1v) is 8.73. The lowest BCUT2D eigenvalue weighted by Crippen LogP contribution is -2.48. The molecule has 144 valence electrons. The number of carbonyl (C=O) groups is 2. The van der Waals surface area contributed by atoms with E-state index in [-0.39, 0.29) is 6.42 Å². The maximum absolute atomic E-state index is 12.8. The molecular formula is C19H29BO6. The van der Waals surface area contributed by atoms with E-state index in [0.29, 0.717) is 5.57 Å². The molecule has 2 fully saturated rings. The number of hydrogen-bond acceptors (Lipinski definition) is 6. The number of carbonyl (C=O) groups excluding carboxylic acids is 2. The van der Waals surface area contributed by atoms with Crippen molar-refractivity contribution < 1.29 is 28.4 Å². The van der Waals surface area contributed by atoms with Crippen LogP contribution in [0.2, 0.25) is 5.82 Å². The summed E-state index contributed by atoms with van der Waals surface area (Å²) < 4.78 is 22.4. The van der Waals surface area contributed by atoms with Gasteiger partial charge in [-0.25, -0.2) is 0 Å². The number of ether oxygens (including phenoxy) is 2. The molecule has 2 rings (SSSR count). The van der Waals surface area contributed by atoms with Crippen LogP contribution in [0.15, 0.2) is 23.3 Å². The number of esters is 2. The van der Waals surface area contributed by atoms with Crippen LogP contribution in [-0.4, -0.2) is 44.5 Å². The second kappa shape index (κ2) is 6.53. The Morgan fingerprint density at radius 2 is 1.46 bits per heavy atom. The SMILES string of the molecule is C=C1CC(C(=O)OC)(C(=O)OC)C(B2OC(C)(C)C(C)(C)O2)C1=C(C)C. The monoisotopic (exact) mass is 364 g/mol. The molecule has 0 aromatic heterocycles. The Kier molecular flexibility index (Phi) is 5.21. The zero-order valence-electron chi connectivity index (χ0n) is 17.0. The summed E-state index contributed by atoms with van der Waals surface area (Å²) in [6, 6.07) is 0. The average molecular weight is 364 g/mol. The van der Waals surface area contributed by atoms with Gasteiger partial charge in [0, 0.05) is 5.82 Å². The first kappa shape index (κ1) is 20.7. The van der Waals surface area contributed by atoms with E-state index in [1.165, 1.54) is 14.2 Å². The highest BCUT2D eigenvalue weighted by Crippen LogP contribution is 2.59. The van der Waals surface area contributed by atoms with E-state index in [1.807, 2.05) is 41.5 Å². The molecule has 7 heteroatoms.